The normalized spacial score (nSPS) is 16.4. The van der Waals surface area contributed by atoms with Gasteiger partial charge in [-0.2, -0.15) is 0 Å². The van der Waals surface area contributed by atoms with Crippen LogP contribution in [0.2, 0.25) is 0 Å². The van der Waals surface area contributed by atoms with Crippen LogP contribution in [0.1, 0.15) is 117 Å². The molecule has 0 N–H and O–H groups in total. The number of pyridine rings is 1. The second-order valence-corrected chi connectivity index (χ2v) is 13.0. The van der Waals surface area contributed by atoms with E-state index in [0.29, 0.717) is 11.8 Å². The summed E-state index contributed by atoms with van der Waals surface area (Å²) in [5.74, 6) is 1.17. The minimum absolute atomic E-state index is 0. The van der Waals surface area contributed by atoms with Gasteiger partial charge < -0.3 is 25.2 Å². The molecule has 244 valence electrons. The number of benzene rings is 4. The first-order chi connectivity index (χ1) is 21.8. The van der Waals surface area contributed by atoms with Gasteiger partial charge in [0, 0.05) is 31.5 Å². The Morgan fingerprint density at radius 2 is 1.17 bits per heavy atom. The molecule has 47 heavy (non-hydrogen) atoms. The summed E-state index contributed by atoms with van der Waals surface area (Å²) >= 11 is 0. The number of para-hydroxylation sites is 1. The third kappa shape index (κ3) is 8.52. The van der Waals surface area contributed by atoms with Crippen molar-refractivity contribution < 1.29 is 25.8 Å². The van der Waals surface area contributed by atoms with Crippen molar-refractivity contribution in [3.63, 3.8) is 0 Å². The predicted octanol–water partition coefficient (Wildman–Crippen LogP) is 13.3. The fraction of sp³-hybridized carbons (Fsp3) is 0.341. The monoisotopic (exact) mass is 786 g/mol. The van der Waals surface area contributed by atoms with E-state index >= 15 is 0 Å². The second kappa shape index (κ2) is 17.9. The molecular formula is C44H50HfN2-4. The van der Waals surface area contributed by atoms with Crippen LogP contribution in [-0.2, 0) is 25.8 Å². The average Bonchev–Trinajstić information content (AvgIpc) is 3.54. The van der Waals surface area contributed by atoms with E-state index in [1.807, 2.05) is 6.07 Å². The van der Waals surface area contributed by atoms with Crippen molar-refractivity contribution in [1.29, 1.82) is 0 Å². The van der Waals surface area contributed by atoms with E-state index in [-0.39, 0.29) is 46.7 Å². The van der Waals surface area contributed by atoms with Crippen LogP contribution >= 0.6 is 0 Å². The Labute approximate surface area is 303 Å². The largest absolute Gasteiger partial charge is 0.673 e. The summed E-state index contributed by atoms with van der Waals surface area (Å²) in [4.78, 5) is 5.36. The quantitative estimate of drug-likeness (QED) is 0.0917. The van der Waals surface area contributed by atoms with Crippen molar-refractivity contribution in [1.82, 2.24) is 4.98 Å². The number of aromatic nitrogens is 1. The van der Waals surface area contributed by atoms with Crippen molar-refractivity contribution in [2.45, 2.75) is 94.9 Å². The summed E-state index contributed by atoms with van der Waals surface area (Å²) in [6.07, 6.45) is 15.8. The predicted molar refractivity (Wildman–Crippen MR) is 197 cm³/mol. The summed E-state index contributed by atoms with van der Waals surface area (Å²) in [7, 11) is 0. The fourth-order valence-electron chi connectivity index (χ4n) is 7.76. The molecule has 0 saturated heterocycles. The van der Waals surface area contributed by atoms with Crippen molar-refractivity contribution in [3.8, 4) is 11.3 Å². The number of hydrogen-bond donors (Lipinski definition) is 0. The average molecular weight is 785 g/mol. The van der Waals surface area contributed by atoms with E-state index in [0.717, 1.165) is 17.0 Å². The number of rotatable bonds is 7. The van der Waals surface area contributed by atoms with Crippen LogP contribution < -0.4 is 0 Å². The molecule has 0 radical (unpaired) electrons. The fourth-order valence-corrected chi connectivity index (χ4v) is 7.76. The molecule has 3 heteroatoms. The van der Waals surface area contributed by atoms with E-state index in [4.69, 9.17) is 10.3 Å². The third-order valence-electron chi connectivity index (χ3n) is 10.1. The first kappa shape index (κ1) is 36.8. The molecule has 2 aliphatic rings. The van der Waals surface area contributed by atoms with Gasteiger partial charge in [-0.15, -0.1) is 34.8 Å². The van der Waals surface area contributed by atoms with Gasteiger partial charge in [0.1, 0.15) is 0 Å². The zero-order chi connectivity index (χ0) is 29.6. The van der Waals surface area contributed by atoms with Gasteiger partial charge in [0.05, 0.1) is 0 Å². The van der Waals surface area contributed by atoms with Crippen LogP contribution in [0.4, 0.5) is 5.69 Å². The molecule has 2 saturated carbocycles. The van der Waals surface area contributed by atoms with Crippen LogP contribution in [0.5, 0.6) is 0 Å². The number of hydrogen-bond acceptors (Lipinski definition) is 1. The van der Waals surface area contributed by atoms with Crippen LogP contribution in [0.3, 0.4) is 0 Å². The summed E-state index contributed by atoms with van der Waals surface area (Å²) in [5.41, 5.74) is 8.43. The molecule has 1 heterocycles. The maximum Gasteiger partial charge on any atom is 0.0195 e. The second-order valence-electron chi connectivity index (χ2n) is 13.0. The molecule has 2 fully saturated rings. The van der Waals surface area contributed by atoms with Gasteiger partial charge in [-0.25, -0.2) is 0 Å². The minimum Gasteiger partial charge on any atom is -0.673 e. The molecule has 7 rings (SSSR count). The van der Waals surface area contributed by atoms with E-state index in [1.165, 1.54) is 110 Å². The number of nitrogens with zero attached hydrogens (tertiary/aromatic N) is 2. The Morgan fingerprint density at radius 3 is 1.81 bits per heavy atom. The van der Waals surface area contributed by atoms with Crippen molar-refractivity contribution in [2.75, 3.05) is 0 Å². The summed E-state index contributed by atoms with van der Waals surface area (Å²) < 4.78 is 0. The van der Waals surface area contributed by atoms with Crippen LogP contribution in [0.25, 0.3) is 27.3 Å². The van der Waals surface area contributed by atoms with Gasteiger partial charge >= 0.3 is 0 Å². The van der Waals surface area contributed by atoms with Gasteiger partial charge in [-0.3, -0.25) is 0 Å². The van der Waals surface area contributed by atoms with Crippen molar-refractivity contribution in [3.05, 3.63) is 152 Å². The Bertz CT molecular complexity index is 1620. The van der Waals surface area contributed by atoms with Gasteiger partial charge in [0.2, 0.25) is 0 Å². The minimum atomic E-state index is -0.178. The molecule has 1 atom stereocenters. The Balaban J connectivity index is 0.00000167. The van der Waals surface area contributed by atoms with Crippen molar-refractivity contribution in [2.24, 2.45) is 0 Å². The molecule has 5 aromatic rings. The number of fused-ring (bicyclic) bond motifs is 1. The van der Waals surface area contributed by atoms with Gasteiger partial charge in [0.15, 0.2) is 0 Å². The van der Waals surface area contributed by atoms with E-state index in [2.05, 4.69) is 103 Å². The maximum atomic E-state index is 5.84. The molecular weight excluding hydrogens is 735 g/mol. The molecule has 0 bridgehead atoms. The standard InChI is InChI=1S/C42H44N2.2CH3.Hf/c1-2-7-18-32(17-6-1)36-26-15-27-37(33-19-8-3-4-9-20-33)42(36)44-41(34-22-10-5-11-23-34)40-30-16-29-39(43-40)38-28-14-24-31-21-12-13-25-35(31)38;;;/h5,10-16,21-27,29-30,32-33,41H,1-4,6-9,17-20H2;2*1H3;/q-2;2*-1;. The Kier molecular flexibility index (Phi) is 14.0. The van der Waals surface area contributed by atoms with Gasteiger partial charge in [-0.1, -0.05) is 158 Å². The van der Waals surface area contributed by atoms with E-state index in [9.17, 15) is 0 Å². The Hall–Kier alpha value is -3.04. The van der Waals surface area contributed by atoms with E-state index in [1.54, 1.807) is 0 Å². The maximum absolute atomic E-state index is 5.84. The molecule has 1 aromatic heterocycles. The molecule has 4 aromatic carbocycles. The van der Waals surface area contributed by atoms with Crippen LogP contribution in [0.15, 0.2) is 103 Å². The third-order valence-corrected chi connectivity index (χ3v) is 10.1. The molecule has 2 nitrogen and oxygen atoms in total. The molecule has 2 aliphatic carbocycles. The summed E-state index contributed by atoms with van der Waals surface area (Å²) in [6.45, 7) is 0. The molecule has 1 unspecified atom stereocenters. The van der Waals surface area contributed by atoms with Crippen molar-refractivity contribution >= 4 is 16.5 Å². The summed E-state index contributed by atoms with van der Waals surface area (Å²) in [5, 5.41) is 8.23. The zero-order valence-electron chi connectivity index (χ0n) is 28.4. The zero-order valence-corrected chi connectivity index (χ0v) is 32.0. The van der Waals surface area contributed by atoms with E-state index < -0.39 is 0 Å². The SMILES string of the molecule is [CH3-].[CH3-].[Hf].[c-]1ccc2ccccc2c1-c1cccc(C([N-]c2c(C3CCCCCC3)cccc2C2CCCCCC2)c2ccccc2)n1. The van der Waals surface area contributed by atoms with Gasteiger partial charge in [-0.05, 0) is 55.3 Å². The van der Waals surface area contributed by atoms with Gasteiger partial charge in [0.25, 0.3) is 0 Å². The molecule has 0 spiro atoms. The first-order valence-electron chi connectivity index (χ1n) is 17.1. The first-order valence-corrected chi connectivity index (χ1v) is 17.1. The molecule has 0 aliphatic heterocycles. The topological polar surface area (TPSA) is 27.0 Å². The van der Waals surface area contributed by atoms with Crippen LogP contribution in [0, 0.1) is 20.9 Å². The van der Waals surface area contributed by atoms with Crippen LogP contribution in [-0.4, -0.2) is 4.98 Å². The molecule has 0 amide bonds. The summed E-state index contributed by atoms with van der Waals surface area (Å²) in [6, 6.07) is 40.5. The Morgan fingerprint density at radius 1 is 0.596 bits per heavy atom. The smallest absolute Gasteiger partial charge is 0.0195 e.